The number of halogens is 3. The highest BCUT2D eigenvalue weighted by atomic mass is 31.2. The number of aromatic nitrogens is 1. The normalized spacial score (nSPS) is 12.8. The molecule has 138 valence electrons. The fourth-order valence-electron chi connectivity index (χ4n) is 2.82. The Kier molecular flexibility index (Phi) is 5.06. The first-order chi connectivity index (χ1) is 12.3. The first-order valence-corrected chi connectivity index (χ1v) is 9.64. The van der Waals surface area contributed by atoms with Gasteiger partial charge in [0.15, 0.2) is 0 Å². The highest BCUT2D eigenvalue weighted by molar-refractivity contribution is 7.54. The number of pyridine rings is 1. The second kappa shape index (κ2) is 6.99. The molecule has 0 saturated heterocycles. The molecule has 0 aliphatic rings. The maximum Gasteiger partial charge on any atom is 0.406 e. The van der Waals surface area contributed by atoms with Gasteiger partial charge < -0.3 is 9.05 Å². The van der Waals surface area contributed by atoms with Crippen molar-refractivity contribution in [2.45, 2.75) is 19.5 Å². The van der Waals surface area contributed by atoms with Crippen LogP contribution < -0.4 is 0 Å². The molecule has 4 nitrogen and oxygen atoms in total. The summed E-state index contributed by atoms with van der Waals surface area (Å²) in [5.41, 5.74) is -4.52. The lowest BCUT2D eigenvalue weighted by atomic mass is 10.0. The lowest BCUT2D eigenvalue weighted by molar-refractivity contribution is 0.0340. The monoisotopic (exact) mass is 383 g/mol. The topological polar surface area (TPSA) is 48.4 Å². The van der Waals surface area contributed by atoms with Crippen molar-refractivity contribution >= 4 is 29.3 Å². The maximum atomic E-state index is 15.3. The van der Waals surface area contributed by atoms with Crippen molar-refractivity contribution in [3.8, 4) is 0 Å². The van der Waals surface area contributed by atoms with Gasteiger partial charge in [0.25, 0.3) is 0 Å². The van der Waals surface area contributed by atoms with Crippen molar-refractivity contribution in [2.24, 2.45) is 0 Å². The minimum atomic E-state index is -4.81. The van der Waals surface area contributed by atoms with Gasteiger partial charge in [-0.2, -0.15) is 8.78 Å². The maximum absolute atomic E-state index is 15.3. The predicted molar refractivity (Wildman–Crippen MR) is 94.0 cm³/mol. The summed E-state index contributed by atoms with van der Waals surface area (Å²) in [7, 11) is -4.81. The summed E-state index contributed by atoms with van der Waals surface area (Å²) in [5.74, 6) is -0.502. The Balaban J connectivity index is 2.35. The average molecular weight is 383 g/mol. The third kappa shape index (κ3) is 3.00. The van der Waals surface area contributed by atoms with E-state index >= 15 is 8.78 Å². The number of alkyl halides is 2. The number of hydrogen-bond donors (Lipinski definition) is 0. The van der Waals surface area contributed by atoms with E-state index in [-0.39, 0.29) is 24.1 Å². The Morgan fingerprint density at radius 2 is 1.62 bits per heavy atom. The number of benzene rings is 2. The van der Waals surface area contributed by atoms with Gasteiger partial charge in [-0.1, -0.05) is 24.3 Å². The summed E-state index contributed by atoms with van der Waals surface area (Å²) in [4.78, 5) is 4.00. The number of nitrogens with zero attached hydrogens (tertiary/aromatic N) is 1. The molecule has 0 atom stereocenters. The van der Waals surface area contributed by atoms with Crippen LogP contribution in [0.15, 0.2) is 42.5 Å². The average Bonchev–Trinajstić information content (AvgIpc) is 2.61. The molecule has 0 N–H and O–H groups in total. The standard InChI is InChI=1S/C18H17F3NO3P/c1-3-24-26(23,25-4-2)18(20,21)17-14-8-6-5-7-13(14)15-11-12(19)9-10-16(15)22-17/h5-11H,3-4H2,1-2H3. The molecule has 1 heterocycles. The van der Waals surface area contributed by atoms with Crippen molar-refractivity contribution in [3.63, 3.8) is 0 Å². The summed E-state index contributed by atoms with van der Waals surface area (Å²) in [6.45, 7) is 2.50. The first-order valence-electron chi connectivity index (χ1n) is 8.09. The summed E-state index contributed by atoms with van der Waals surface area (Å²) in [6.07, 6.45) is 0. The minimum absolute atomic E-state index is 0.0650. The molecule has 3 rings (SSSR count). The van der Waals surface area contributed by atoms with E-state index in [4.69, 9.17) is 9.05 Å². The van der Waals surface area contributed by atoms with Crippen LogP contribution >= 0.6 is 7.60 Å². The summed E-state index contributed by atoms with van der Waals surface area (Å²) in [5, 5.41) is 0.837. The molecule has 0 amide bonds. The van der Waals surface area contributed by atoms with Crippen LogP contribution in [-0.4, -0.2) is 18.2 Å². The van der Waals surface area contributed by atoms with Gasteiger partial charge >= 0.3 is 13.3 Å². The Morgan fingerprint density at radius 3 is 2.23 bits per heavy atom. The minimum Gasteiger partial charge on any atom is -0.304 e. The van der Waals surface area contributed by atoms with E-state index in [1.54, 1.807) is 18.2 Å². The van der Waals surface area contributed by atoms with E-state index in [0.29, 0.717) is 10.8 Å². The summed E-state index contributed by atoms with van der Waals surface area (Å²) in [6, 6.07) is 9.90. The number of fused-ring (bicyclic) bond motifs is 3. The van der Waals surface area contributed by atoms with Crippen molar-refractivity contribution in [3.05, 3.63) is 54.0 Å². The molecule has 0 aliphatic heterocycles. The van der Waals surface area contributed by atoms with Crippen molar-refractivity contribution in [1.29, 1.82) is 0 Å². The lowest BCUT2D eigenvalue weighted by Crippen LogP contribution is -2.20. The molecule has 1 aromatic heterocycles. The van der Waals surface area contributed by atoms with Crippen LogP contribution in [0.2, 0.25) is 0 Å². The van der Waals surface area contributed by atoms with Crippen LogP contribution in [0.1, 0.15) is 19.5 Å². The van der Waals surface area contributed by atoms with Crippen LogP contribution in [0.25, 0.3) is 21.7 Å². The van der Waals surface area contributed by atoms with Gasteiger partial charge in [0.1, 0.15) is 11.5 Å². The zero-order valence-corrected chi connectivity index (χ0v) is 15.1. The molecule has 0 aliphatic carbocycles. The fraction of sp³-hybridized carbons (Fsp3) is 0.278. The molecule has 0 fully saturated rings. The van der Waals surface area contributed by atoms with Crippen LogP contribution in [0.4, 0.5) is 13.2 Å². The molecule has 0 bridgehead atoms. The predicted octanol–water partition coefficient (Wildman–Crippen LogP) is 5.84. The quantitative estimate of drug-likeness (QED) is 0.396. The smallest absolute Gasteiger partial charge is 0.304 e. The summed E-state index contributed by atoms with van der Waals surface area (Å²) >= 11 is 0. The van der Waals surface area contributed by atoms with E-state index in [1.165, 1.54) is 32.0 Å². The van der Waals surface area contributed by atoms with E-state index in [9.17, 15) is 8.96 Å². The highest BCUT2D eigenvalue weighted by Gasteiger charge is 2.56. The molecule has 0 radical (unpaired) electrons. The molecule has 8 heteroatoms. The van der Waals surface area contributed by atoms with Gasteiger partial charge in [-0.05, 0) is 37.4 Å². The van der Waals surface area contributed by atoms with Crippen LogP contribution in [0, 0.1) is 5.82 Å². The molecular weight excluding hydrogens is 366 g/mol. The number of rotatable bonds is 6. The van der Waals surface area contributed by atoms with Crippen molar-refractivity contribution in [2.75, 3.05) is 13.2 Å². The molecule has 0 saturated carbocycles. The third-order valence-electron chi connectivity index (χ3n) is 3.89. The van der Waals surface area contributed by atoms with Gasteiger partial charge in [0.2, 0.25) is 0 Å². The Bertz CT molecular complexity index is 1000. The van der Waals surface area contributed by atoms with Gasteiger partial charge in [0.05, 0.1) is 18.7 Å². The van der Waals surface area contributed by atoms with Crippen LogP contribution in [-0.2, 0) is 19.3 Å². The molecule has 0 unspecified atom stereocenters. The third-order valence-corrected chi connectivity index (χ3v) is 5.99. The Labute approximate surface area is 148 Å². The van der Waals surface area contributed by atoms with Gasteiger partial charge in [0, 0.05) is 10.8 Å². The molecule has 3 aromatic rings. The van der Waals surface area contributed by atoms with Crippen molar-refractivity contribution in [1.82, 2.24) is 4.98 Å². The van der Waals surface area contributed by atoms with Gasteiger partial charge in [-0.3, -0.25) is 4.57 Å². The summed E-state index contributed by atoms with van der Waals surface area (Å²) < 4.78 is 66.6. The molecule has 26 heavy (non-hydrogen) atoms. The highest BCUT2D eigenvalue weighted by Crippen LogP contribution is 2.67. The molecular formula is C18H17F3NO3P. The largest absolute Gasteiger partial charge is 0.406 e. The molecule has 0 spiro atoms. The SMILES string of the molecule is CCOP(=O)(OCC)C(F)(F)c1nc2ccc(F)cc2c2ccccc12. The first kappa shape index (κ1) is 18.8. The molecule has 2 aromatic carbocycles. The second-order valence-electron chi connectivity index (χ2n) is 5.54. The van der Waals surface area contributed by atoms with Crippen LogP contribution in [0.3, 0.4) is 0 Å². The lowest BCUT2D eigenvalue weighted by Gasteiger charge is -2.26. The zero-order valence-electron chi connectivity index (χ0n) is 14.2. The van der Waals surface area contributed by atoms with E-state index < -0.39 is 24.8 Å². The van der Waals surface area contributed by atoms with Crippen LogP contribution in [0.5, 0.6) is 0 Å². The number of hydrogen-bond acceptors (Lipinski definition) is 4. The second-order valence-corrected chi connectivity index (χ2v) is 7.61. The van der Waals surface area contributed by atoms with E-state index in [1.807, 2.05) is 0 Å². The Hall–Kier alpha value is -1.95. The van der Waals surface area contributed by atoms with Crippen molar-refractivity contribution < 1.29 is 26.8 Å². The van der Waals surface area contributed by atoms with E-state index in [0.717, 1.165) is 6.07 Å². The van der Waals surface area contributed by atoms with E-state index in [2.05, 4.69) is 4.98 Å². The zero-order chi connectivity index (χ0) is 18.9. The van der Waals surface area contributed by atoms with Gasteiger partial charge in [-0.15, -0.1) is 0 Å². The Morgan fingerprint density at radius 1 is 1.00 bits per heavy atom. The van der Waals surface area contributed by atoms with Gasteiger partial charge in [-0.25, -0.2) is 9.37 Å². The fourth-order valence-corrected chi connectivity index (χ4v) is 4.33.